The average molecular weight is 510 g/mol. The monoisotopic (exact) mass is 510 g/mol. The van der Waals surface area contributed by atoms with E-state index < -0.39 is 11.7 Å². The zero-order valence-corrected chi connectivity index (χ0v) is 14.8. The summed E-state index contributed by atoms with van der Waals surface area (Å²) in [4.78, 5) is 11.7. The minimum absolute atomic E-state index is 0.0970. The van der Waals surface area contributed by atoms with Gasteiger partial charge in [0.05, 0.1) is 9.78 Å². The number of hydrazone groups is 1. The predicted molar refractivity (Wildman–Crippen MR) is 95.0 cm³/mol. The highest BCUT2D eigenvalue weighted by atomic mass is 127. The Bertz CT molecular complexity index is 720. The first-order chi connectivity index (χ1) is 9.97. The molecule has 21 heavy (non-hydrogen) atoms. The van der Waals surface area contributed by atoms with Crippen LogP contribution in [0.1, 0.15) is 15.9 Å². The van der Waals surface area contributed by atoms with Crippen LogP contribution < -0.4 is 5.43 Å². The van der Waals surface area contributed by atoms with Crippen LogP contribution in [0.25, 0.3) is 0 Å². The van der Waals surface area contributed by atoms with E-state index in [0.29, 0.717) is 9.13 Å². The van der Waals surface area contributed by atoms with Gasteiger partial charge in [-0.15, -0.1) is 0 Å². The second kappa shape index (κ2) is 7.16. The standard InChI is InChI=1S/C14H9FI2N2O2/c15-10-3-1-2-8(4-10)14(21)19-18-7-9-5-11(16)6-12(17)13(9)20/h1-7,20H,(H,19,21). The van der Waals surface area contributed by atoms with Gasteiger partial charge in [0.1, 0.15) is 11.6 Å². The van der Waals surface area contributed by atoms with Crippen LogP contribution in [0.4, 0.5) is 4.39 Å². The number of phenolic OH excluding ortho intramolecular Hbond substituents is 1. The highest BCUT2D eigenvalue weighted by molar-refractivity contribution is 14.1. The molecule has 0 fully saturated rings. The molecule has 0 radical (unpaired) electrons. The van der Waals surface area contributed by atoms with Gasteiger partial charge in [-0.2, -0.15) is 5.10 Å². The van der Waals surface area contributed by atoms with Gasteiger partial charge in [0, 0.05) is 14.7 Å². The van der Waals surface area contributed by atoms with Gasteiger partial charge in [0.15, 0.2) is 0 Å². The van der Waals surface area contributed by atoms with Gasteiger partial charge >= 0.3 is 0 Å². The molecule has 0 unspecified atom stereocenters. The Morgan fingerprint density at radius 1 is 1.29 bits per heavy atom. The fourth-order valence-electron chi connectivity index (χ4n) is 1.54. The lowest BCUT2D eigenvalue weighted by Gasteiger charge is -2.03. The minimum atomic E-state index is -0.523. The molecule has 0 aliphatic carbocycles. The zero-order chi connectivity index (χ0) is 15.4. The number of rotatable bonds is 3. The topological polar surface area (TPSA) is 61.7 Å². The molecule has 0 heterocycles. The van der Waals surface area contributed by atoms with E-state index in [4.69, 9.17) is 0 Å². The maximum Gasteiger partial charge on any atom is 0.271 e. The van der Waals surface area contributed by atoms with Crippen molar-refractivity contribution in [2.24, 2.45) is 5.10 Å². The highest BCUT2D eigenvalue weighted by Gasteiger charge is 2.07. The Morgan fingerprint density at radius 3 is 2.76 bits per heavy atom. The lowest BCUT2D eigenvalue weighted by Crippen LogP contribution is -2.17. The number of amides is 1. The van der Waals surface area contributed by atoms with E-state index in [1.165, 1.54) is 24.4 Å². The summed E-state index contributed by atoms with van der Waals surface area (Å²) in [7, 11) is 0. The van der Waals surface area contributed by atoms with Crippen molar-refractivity contribution in [2.45, 2.75) is 0 Å². The molecule has 4 nitrogen and oxygen atoms in total. The van der Waals surface area contributed by atoms with Crippen molar-refractivity contribution in [3.63, 3.8) is 0 Å². The third-order valence-electron chi connectivity index (χ3n) is 2.51. The minimum Gasteiger partial charge on any atom is -0.506 e. The highest BCUT2D eigenvalue weighted by Crippen LogP contribution is 2.25. The quantitative estimate of drug-likeness (QED) is 0.378. The molecular formula is C14H9FI2N2O2. The third kappa shape index (κ3) is 4.37. The molecule has 2 aromatic carbocycles. The molecule has 0 bridgehead atoms. The number of nitrogens with zero attached hydrogens (tertiary/aromatic N) is 1. The number of aromatic hydroxyl groups is 1. The summed E-state index contributed by atoms with van der Waals surface area (Å²) in [5.41, 5.74) is 2.95. The molecule has 1 amide bonds. The molecular weight excluding hydrogens is 501 g/mol. The summed E-state index contributed by atoms with van der Waals surface area (Å²) in [5.74, 6) is -0.915. The zero-order valence-electron chi connectivity index (χ0n) is 10.5. The van der Waals surface area contributed by atoms with Crippen molar-refractivity contribution in [3.05, 3.63) is 60.5 Å². The second-order valence-corrected chi connectivity index (χ2v) is 6.44. The van der Waals surface area contributed by atoms with Crippen LogP contribution >= 0.6 is 45.2 Å². The smallest absolute Gasteiger partial charge is 0.271 e. The SMILES string of the molecule is O=C(NN=Cc1cc(I)cc(I)c1O)c1cccc(F)c1. The molecule has 2 aromatic rings. The van der Waals surface area contributed by atoms with Gasteiger partial charge in [-0.05, 0) is 75.5 Å². The van der Waals surface area contributed by atoms with Crippen LogP contribution in [0.15, 0.2) is 41.5 Å². The Labute approximate surface area is 147 Å². The number of phenols is 1. The average Bonchev–Trinajstić information content (AvgIpc) is 2.43. The molecule has 0 saturated carbocycles. The maximum atomic E-state index is 13.0. The first kappa shape index (κ1) is 16.1. The fourth-order valence-corrected chi connectivity index (χ4v) is 3.43. The first-order valence-corrected chi connectivity index (χ1v) is 7.90. The lowest BCUT2D eigenvalue weighted by molar-refractivity contribution is 0.0954. The second-order valence-electron chi connectivity index (χ2n) is 4.03. The van der Waals surface area contributed by atoms with Crippen LogP contribution in [0, 0.1) is 13.0 Å². The van der Waals surface area contributed by atoms with Gasteiger partial charge in [-0.25, -0.2) is 9.82 Å². The van der Waals surface area contributed by atoms with Gasteiger partial charge in [-0.3, -0.25) is 4.79 Å². The van der Waals surface area contributed by atoms with Crippen molar-refractivity contribution in [1.29, 1.82) is 0 Å². The lowest BCUT2D eigenvalue weighted by atomic mass is 10.2. The van der Waals surface area contributed by atoms with Crippen molar-refractivity contribution >= 4 is 57.3 Å². The number of carbonyl (C=O) groups is 1. The molecule has 2 N–H and O–H groups in total. The molecule has 0 atom stereocenters. The normalized spacial score (nSPS) is 10.8. The van der Waals surface area contributed by atoms with Crippen LogP contribution in [0.2, 0.25) is 0 Å². The van der Waals surface area contributed by atoms with Crippen LogP contribution in [0.3, 0.4) is 0 Å². The molecule has 2 rings (SSSR count). The number of carbonyl (C=O) groups excluding carboxylic acids is 1. The van der Waals surface area contributed by atoms with Crippen molar-refractivity contribution < 1.29 is 14.3 Å². The summed E-state index contributed by atoms with van der Waals surface area (Å²) >= 11 is 4.13. The summed E-state index contributed by atoms with van der Waals surface area (Å²) in [6.07, 6.45) is 1.34. The number of hydrogen-bond acceptors (Lipinski definition) is 3. The van der Waals surface area contributed by atoms with E-state index in [0.717, 1.165) is 9.64 Å². The van der Waals surface area contributed by atoms with Crippen molar-refractivity contribution in [1.82, 2.24) is 5.43 Å². The Balaban J connectivity index is 2.11. The molecule has 7 heteroatoms. The van der Waals surface area contributed by atoms with E-state index in [9.17, 15) is 14.3 Å². The van der Waals surface area contributed by atoms with Crippen molar-refractivity contribution in [3.8, 4) is 5.75 Å². The largest absolute Gasteiger partial charge is 0.506 e. The van der Waals surface area contributed by atoms with E-state index in [1.807, 2.05) is 28.7 Å². The van der Waals surface area contributed by atoms with Gasteiger partial charge in [0.25, 0.3) is 5.91 Å². The molecule has 0 aliphatic rings. The van der Waals surface area contributed by atoms with Crippen molar-refractivity contribution in [2.75, 3.05) is 0 Å². The Morgan fingerprint density at radius 2 is 2.05 bits per heavy atom. The summed E-state index contributed by atoms with van der Waals surface area (Å²) < 4.78 is 14.6. The maximum absolute atomic E-state index is 13.0. The number of halogens is 3. The molecule has 0 aromatic heterocycles. The van der Waals surface area contributed by atoms with E-state index >= 15 is 0 Å². The molecule has 0 aliphatic heterocycles. The number of nitrogens with one attached hydrogen (secondary N) is 1. The van der Waals surface area contributed by atoms with E-state index in [2.05, 4.69) is 33.1 Å². The third-order valence-corrected chi connectivity index (χ3v) is 3.96. The summed E-state index contributed by atoms with van der Waals surface area (Å²) in [5, 5.41) is 13.7. The van der Waals surface area contributed by atoms with Gasteiger partial charge < -0.3 is 5.11 Å². The number of benzene rings is 2. The predicted octanol–water partition coefficient (Wildman–Crippen LogP) is 3.50. The van der Waals surface area contributed by atoms with Crippen LogP contribution in [-0.2, 0) is 0 Å². The molecule has 108 valence electrons. The summed E-state index contributed by atoms with van der Waals surface area (Å²) in [6.45, 7) is 0. The van der Waals surface area contributed by atoms with E-state index in [-0.39, 0.29) is 11.3 Å². The van der Waals surface area contributed by atoms with Gasteiger partial charge in [-0.1, -0.05) is 6.07 Å². The molecule has 0 spiro atoms. The number of hydrogen-bond donors (Lipinski definition) is 2. The Kier molecular flexibility index (Phi) is 5.51. The van der Waals surface area contributed by atoms with Gasteiger partial charge in [0.2, 0.25) is 0 Å². The first-order valence-electron chi connectivity index (χ1n) is 5.74. The summed E-state index contributed by atoms with van der Waals surface area (Å²) in [6, 6.07) is 8.86. The molecule has 0 saturated heterocycles. The van der Waals surface area contributed by atoms with E-state index in [1.54, 1.807) is 6.07 Å². The van der Waals surface area contributed by atoms with Crippen LogP contribution in [-0.4, -0.2) is 17.2 Å². The van der Waals surface area contributed by atoms with Crippen LogP contribution in [0.5, 0.6) is 5.75 Å². The fraction of sp³-hybridized carbons (Fsp3) is 0. The Hall–Kier alpha value is -1.23.